The third kappa shape index (κ3) is 2.33. The first-order valence-corrected chi connectivity index (χ1v) is 9.34. The van der Waals surface area contributed by atoms with E-state index in [1.165, 1.54) is 16.3 Å². The van der Waals surface area contributed by atoms with Gasteiger partial charge >= 0.3 is 0 Å². The second-order valence-corrected chi connectivity index (χ2v) is 7.22. The fourth-order valence-electron chi connectivity index (χ4n) is 4.01. The molecule has 28 heavy (non-hydrogen) atoms. The average molecular weight is 364 g/mol. The lowest BCUT2D eigenvalue weighted by atomic mass is 10.1. The highest BCUT2D eigenvalue weighted by atomic mass is 16.3. The van der Waals surface area contributed by atoms with Crippen molar-refractivity contribution < 1.29 is 4.42 Å². The van der Waals surface area contributed by atoms with Crippen molar-refractivity contribution in [3.8, 4) is 5.69 Å². The molecule has 0 fully saturated rings. The fraction of sp³-hybridized carbons (Fsp3) is 0.0800. The zero-order chi connectivity index (χ0) is 19.3. The fourth-order valence-corrected chi connectivity index (χ4v) is 4.01. The molecule has 0 unspecified atom stereocenters. The molecule has 0 amide bonds. The van der Waals surface area contributed by atoms with Gasteiger partial charge in [-0.2, -0.15) is 0 Å². The summed E-state index contributed by atoms with van der Waals surface area (Å²) in [5.41, 5.74) is 6.31. The molecule has 136 valence electrons. The molecule has 2 aromatic heterocycles. The number of nitrogens with zero attached hydrogens (tertiary/aromatic N) is 2. The molecule has 0 saturated heterocycles. The maximum absolute atomic E-state index is 6.21. The summed E-state index contributed by atoms with van der Waals surface area (Å²) in [7, 11) is 0. The molecule has 3 nitrogen and oxygen atoms in total. The van der Waals surface area contributed by atoms with Crippen molar-refractivity contribution in [3.05, 3.63) is 77.9 Å². The van der Waals surface area contributed by atoms with E-state index in [1.54, 1.807) is 0 Å². The van der Waals surface area contributed by atoms with Crippen LogP contribution in [0.4, 0.5) is 5.88 Å². The Morgan fingerprint density at radius 1 is 0.857 bits per heavy atom. The summed E-state index contributed by atoms with van der Waals surface area (Å²) in [5, 5.41) is 3.50. The Morgan fingerprint density at radius 2 is 1.46 bits per heavy atom. The van der Waals surface area contributed by atoms with Gasteiger partial charge in [-0.25, -0.2) is 4.99 Å². The molecule has 0 aliphatic carbocycles. The molecule has 0 saturated carbocycles. The van der Waals surface area contributed by atoms with Gasteiger partial charge in [0.25, 0.3) is 0 Å². The molecule has 0 radical (unpaired) electrons. The number of furan rings is 1. The Labute approximate surface area is 163 Å². The van der Waals surface area contributed by atoms with Gasteiger partial charge in [0, 0.05) is 21.7 Å². The molecular formula is C25H20N2O. The number of hydrogen-bond acceptors (Lipinski definition) is 2. The second-order valence-electron chi connectivity index (χ2n) is 7.22. The van der Waals surface area contributed by atoms with E-state index >= 15 is 0 Å². The summed E-state index contributed by atoms with van der Waals surface area (Å²) in [5.74, 6) is 0.560. The van der Waals surface area contributed by atoms with E-state index in [4.69, 9.17) is 4.42 Å². The molecule has 0 atom stereocenters. The summed E-state index contributed by atoms with van der Waals surface area (Å²) in [6.07, 6.45) is 2.10. The predicted octanol–water partition coefficient (Wildman–Crippen LogP) is 7.29. The molecule has 3 heteroatoms. The van der Waals surface area contributed by atoms with Gasteiger partial charge in [-0.3, -0.25) is 0 Å². The van der Waals surface area contributed by atoms with Crippen LogP contribution < -0.4 is 0 Å². The van der Waals surface area contributed by atoms with Crippen molar-refractivity contribution in [2.75, 3.05) is 0 Å². The van der Waals surface area contributed by atoms with Crippen molar-refractivity contribution in [2.45, 2.75) is 13.8 Å². The van der Waals surface area contributed by atoms with Crippen LogP contribution >= 0.6 is 0 Å². The van der Waals surface area contributed by atoms with Crippen LogP contribution in [0.3, 0.4) is 0 Å². The minimum absolute atomic E-state index is 0.560. The van der Waals surface area contributed by atoms with Crippen molar-refractivity contribution in [1.29, 1.82) is 0 Å². The van der Waals surface area contributed by atoms with Crippen molar-refractivity contribution in [2.24, 2.45) is 4.99 Å². The summed E-state index contributed by atoms with van der Waals surface area (Å²) in [6.45, 7) is 7.85. The average Bonchev–Trinajstić information content (AvgIpc) is 3.23. The van der Waals surface area contributed by atoms with E-state index < -0.39 is 0 Å². The zero-order valence-electron chi connectivity index (χ0n) is 15.9. The molecule has 0 N–H and O–H groups in total. The minimum Gasteiger partial charge on any atom is -0.436 e. The number of rotatable bonds is 3. The molecule has 3 aromatic carbocycles. The summed E-state index contributed by atoms with van der Waals surface area (Å²) in [6, 6.07) is 23.2. The molecule has 0 spiro atoms. The van der Waals surface area contributed by atoms with Crippen molar-refractivity contribution in [3.63, 3.8) is 0 Å². The molecule has 2 heterocycles. The third-order valence-electron chi connectivity index (χ3n) is 5.11. The highest BCUT2D eigenvalue weighted by Crippen LogP contribution is 2.39. The first-order chi connectivity index (χ1) is 13.7. The molecule has 5 rings (SSSR count). The van der Waals surface area contributed by atoms with Gasteiger partial charge in [0.2, 0.25) is 5.88 Å². The van der Waals surface area contributed by atoms with Gasteiger partial charge in [0.15, 0.2) is 5.58 Å². The number of hydrogen-bond donors (Lipinski definition) is 0. The van der Waals surface area contributed by atoms with Gasteiger partial charge in [-0.15, -0.1) is 0 Å². The van der Waals surface area contributed by atoms with Gasteiger partial charge in [-0.05, 0) is 38.8 Å². The standard InChI is InChI=1S/C25H20N2O/c1-16(2)15-20-19-11-8-14-23(24(19)28-25(20)26-3)27-21-12-6-4-9-17(21)18-10-5-7-13-22(18)27/h4-15H,3H2,1-2H3. The molecule has 0 aliphatic rings. The highest BCUT2D eigenvalue weighted by molar-refractivity contribution is 6.10. The van der Waals surface area contributed by atoms with Crippen LogP contribution in [-0.2, 0) is 0 Å². The highest BCUT2D eigenvalue weighted by Gasteiger charge is 2.18. The topological polar surface area (TPSA) is 30.4 Å². The molecule has 0 aliphatic heterocycles. The van der Waals surface area contributed by atoms with Crippen LogP contribution in [0.15, 0.2) is 81.7 Å². The van der Waals surface area contributed by atoms with Crippen LogP contribution in [0.1, 0.15) is 19.4 Å². The summed E-state index contributed by atoms with van der Waals surface area (Å²) in [4.78, 5) is 4.14. The Balaban J connectivity index is 1.94. The van der Waals surface area contributed by atoms with Gasteiger partial charge in [0.1, 0.15) is 0 Å². The predicted molar refractivity (Wildman–Crippen MR) is 119 cm³/mol. The van der Waals surface area contributed by atoms with Crippen molar-refractivity contribution in [1.82, 2.24) is 4.57 Å². The van der Waals surface area contributed by atoms with Crippen LogP contribution in [0.5, 0.6) is 0 Å². The number of aromatic nitrogens is 1. The number of aliphatic imine (C=N–C) groups is 1. The van der Waals surface area contributed by atoms with E-state index in [9.17, 15) is 0 Å². The number of para-hydroxylation sites is 3. The zero-order valence-corrected chi connectivity index (χ0v) is 15.9. The van der Waals surface area contributed by atoms with Gasteiger partial charge < -0.3 is 8.98 Å². The van der Waals surface area contributed by atoms with Crippen molar-refractivity contribution >= 4 is 51.5 Å². The maximum atomic E-state index is 6.21. The van der Waals surface area contributed by atoms with Gasteiger partial charge in [-0.1, -0.05) is 60.2 Å². The monoisotopic (exact) mass is 364 g/mol. The normalized spacial score (nSPS) is 11.4. The number of allylic oxidation sites excluding steroid dienone is 1. The minimum atomic E-state index is 0.560. The number of benzene rings is 3. The lowest BCUT2D eigenvalue weighted by molar-refractivity contribution is 0.624. The van der Waals surface area contributed by atoms with E-state index in [0.29, 0.717) is 5.88 Å². The molecule has 0 bridgehead atoms. The second kappa shape index (κ2) is 6.24. The van der Waals surface area contributed by atoms with Crippen LogP contribution in [-0.4, -0.2) is 11.3 Å². The lowest BCUT2D eigenvalue weighted by Crippen LogP contribution is -1.94. The van der Waals surface area contributed by atoms with Crippen LogP contribution in [0.25, 0.3) is 44.5 Å². The smallest absolute Gasteiger partial charge is 0.226 e. The lowest BCUT2D eigenvalue weighted by Gasteiger charge is -2.08. The SMILES string of the molecule is C=Nc1oc2c(-n3c4ccccc4c4ccccc43)cccc2c1C=C(C)C. The van der Waals surface area contributed by atoms with Crippen LogP contribution in [0.2, 0.25) is 0 Å². The number of fused-ring (bicyclic) bond motifs is 4. The van der Waals surface area contributed by atoms with E-state index in [2.05, 4.69) is 103 Å². The Morgan fingerprint density at radius 3 is 2.07 bits per heavy atom. The molecular weight excluding hydrogens is 344 g/mol. The summed E-state index contributed by atoms with van der Waals surface area (Å²) < 4.78 is 8.48. The Kier molecular flexibility index (Phi) is 3.69. The molecule has 5 aromatic rings. The van der Waals surface area contributed by atoms with E-state index in [0.717, 1.165) is 33.3 Å². The first kappa shape index (κ1) is 16.6. The largest absolute Gasteiger partial charge is 0.436 e. The van der Waals surface area contributed by atoms with E-state index in [-0.39, 0.29) is 0 Å². The summed E-state index contributed by atoms with van der Waals surface area (Å²) >= 11 is 0. The Bertz CT molecular complexity index is 1340. The third-order valence-corrected chi connectivity index (χ3v) is 5.11. The quantitative estimate of drug-likeness (QED) is 0.309. The van der Waals surface area contributed by atoms with Crippen LogP contribution in [0, 0.1) is 0 Å². The maximum Gasteiger partial charge on any atom is 0.226 e. The van der Waals surface area contributed by atoms with Gasteiger partial charge in [0.05, 0.1) is 16.7 Å². The first-order valence-electron chi connectivity index (χ1n) is 9.34. The van der Waals surface area contributed by atoms with E-state index in [1.807, 2.05) is 0 Å². The Hall–Kier alpha value is -3.59.